The third-order valence-electron chi connectivity index (χ3n) is 2.86. The second-order valence-corrected chi connectivity index (χ2v) is 7.87. The van der Waals surface area contributed by atoms with Crippen LogP contribution in [0.25, 0.3) is 0 Å². The fraction of sp³-hybridized carbons (Fsp3) is 0.500. The monoisotopic (exact) mass is 574 g/mol. The summed E-state index contributed by atoms with van der Waals surface area (Å²) >= 11 is 0. The van der Waals surface area contributed by atoms with Crippen LogP contribution in [0.3, 0.4) is 0 Å². The van der Waals surface area contributed by atoms with E-state index in [4.69, 9.17) is 25.9 Å². The smallest absolute Gasteiger partial charge is 0.741 e. The topological polar surface area (TPSA) is 114 Å². The number of halogens is 6. The number of hydrogen-bond donors (Lipinski definition) is 0. The Balaban J connectivity index is -0.000000334. The van der Waals surface area contributed by atoms with E-state index in [2.05, 4.69) is 50.3 Å². The molecule has 0 aromatic rings. The second-order valence-electron chi connectivity index (χ2n) is 5.12. The molecular weight excluding hydrogens is 558 g/mol. The van der Waals surface area contributed by atoms with Gasteiger partial charge in [-0.25, -0.2) is 40.1 Å². The van der Waals surface area contributed by atoms with E-state index in [0.717, 1.165) is 25.7 Å². The van der Waals surface area contributed by atoms with Crippen LogP contribution in [-0.4, -0.2) is 37.0 Å². The van der Waals surface area contributed by atoms with Gasteiger partial charge >= 0.3 is 37.2 Å². The fourth-order valence-corrected chi connectivity index (χ4v) is 1.39. The molecule has 2 aliphatic carbocycles. The summed E-state index contributed by atoms with van der Waals surface area (Å²) < 4.78 is 118. The van der Waals surface area contributed by atoms with Crippen molar-refractivity contribution in [3.8, 4) is 0 Å². The van der Waals surface area contributed by atoms with Crippen LogP contribution < -0.4 is 0 Å². The van der Waals surface area contributed by atoms with E-state index in [9.17, 15) is 26.3 Å². The summed E-state index contributed by atoms with van der Waals surface area (Å²) in [4.78, 5) is 0. The molecule has 0 radical (unpaired) electrons. The van der Waals surface area contributed by atoms with Gasteiger partial charge in [0.25, 0.3) is 0 Å². The van der Waals surface area contributed by atoms with Crippen molar-refractivity contribution in [3.63, 3.8) is 0 Å². The Kier molecular flexibility index (Phi) is 17.0. The van der Waals surface area contributed by atoms with Gasteiger partial charge in [-0.2, -0.15) is 38.5 Å². The maximum Gasteiger partial charge on any atom is 2.00 e. The van der Waals surface area contributed by atoms with Crippen LogP contribution >= 0.6 is 0 Å². The number of alkyl halides is 6. The molecular formula is C16H18F6O6S2Zr-2. The zero-order valence-electron chi connectivity index (χ0n) is 16.2. The predicted octanol–water partition coefficient (Wildman–Crippen LogP) is 4.27. The zero-order chi connectivity index (χ0) is 24.2. The molecule has 0 saturated heterocycles. The third-order valence-corrected chi connectivity index (χ3v) is 3.99. The first kappa shape index (κ1) is 34.8. The van der Waals surface area contributed by atoms with Gasteiger partial charge in [0, 0.05) is 0 Å². The van der Waals surface area contributed by atoms with Crippen molar-refractivity contribution in [1.29, 1.82) is 0 Å². The Morgan fingerprint density at radius 2 is 1.00 bits per heavy atom. The molecule has 0 unspecified atom stereocenters. The van der Waals surface area contributed by atoms with Gasteiger partial charge in [-0.15, -0.1) is 12.8 Å². The van der Waals surface area contributed by atoms with E-state index in [1.807, 2.05) is 0 Å². The molecule has 0 amide bonds. The van der Waals surface area contributed by atoms with Crippen molar-refractivity contribution >= 4 is 20.2 Å². The first-order chi connectivity index (χ1) is 13.4. The molecule has 0 spiro atoms. The molecule has 0 saturated carbocycles. The molecule has 31 heavy (non-hydrogen) atoms. The van der Waals surface area contributed by atoms with Crippen LogP contribution in [0.1, 0.15) is 39.5 Å². The first-order valence-electron chi connectivity index (χ1n) is 7.93. The van der Waals surface area contributed by atoms with E-state index in [1.165, 1.54) is 11.1 Å². The SMILES string of the molecule is CCC1=[C-]CC=C1.CCC1=[C-]CC=C1.O=S(=O)([O-])C(F)(F)F.O=S(=O)([O-])C(F)(F)F.[Zr+2]. The van der Waals surface area contributed by atoms with Gasteiger partial charge in [0.15, 0.2) is 20.2 Å². The fourth-order valence-electron chi connectivity index (χ4n) is 1.39. The Hall–Kier alpha value is -0.757. The minimum absolute atomic E-state index is 0. The standard InChI is InChI=1S/2C7H9.2CHF3O3S.Zr/c2*1-2-7-5-3-4-6-7;2*2-1(3,4)8(5,6)7;/h2*3,5H,2,4H2,1H3;2*(H,5,6,7);/q2*-1;;;+2/p-2. The van der Waals surface area contributed by atoms with E-state index < -0.39 is 31.3 Å². The quantitative estimate of drug-likeness (QED) is 0.210. The number of rotatable bonds is 2. The summed E-state index contributed by atoms with van der Waals surface area (Å²) in [6.45, 7) is 4.30. The van der Waals surface area contributed by atoms with Gasteiger partial charge in [-0.1, -0.05) is 26.7 Å². The molecule has 0 fully saturated rings. The van der Waals surface area contributed by atoms with Crippen molar-refractivity contribution in [2.45, 2.75) is 50.5 Å². The van der Waals surface area contributed by atoms with E-state index in [0.29, 0.717) is 0 Å². The summed E-state index contributed by atoms with van der Waals surface area (Å²) in [5.74, 6) is 0. The molecule has 0 aliphatic heterocycles. The van der Waals surface area contributed by atoms with Crippen molar-refractivity contribution in [2.24, 2.45) is 0 Å². The largest absolute Gasteiger partial charge is 2.00 e. The maximum absolute atomic E-state index is 10.7. The molecule has 15 heteroatoms. The molecule has 178 valence electrons. The Bertz CT molecular complexity index is 782. The van der Waals surface area contributed by atoms with Crippen molar-refractivity contribution in [3.05, 3.63) is 47.6 Å². The van der Waals surface area contributed by atoms with Crippen molar-refractivity contribution in [2.75, 3.05) is 0 Å². The average Bonchev–Trinajstić information content (AvgIpc) is 3.26. The van der Waals surface area contributed by atoms with Crippen LogP contribution in [0.4, 0.5) is 26.3 Å². The minimum Gasteiger partial charge on any atom is -0.741 e. The number of allylic oxidation sites excluding steroid dienone is 8. The van der Waals surface area contributed by atoms with Crippen molar-refractivity contribution in [1.82, 2.24) is 0 Å². The molecule has 0 aromatic heterocycles. The van der Waals surface area contributed by atoms with Crippen LogP contribution in [0.15, 0.2) is 35.5 Å². The van der Waals surface area contributed by atoms with Crippen molar-refractivity contribution < 1.29 is 78.5 Å². The van der Waals surface area contributed by atoms with Crippen LogP contribution in [0.2, 0.25) is 0 Å². The molecule has 0 bridgehead atoms. The summed E-state index contributed by atoms with van der Waals surface area (Å²) in [7, 11) is -12.2. The predicted molar refractivity (Wildman–Crippen MR) is 93.1 cm³/mol. The second kappa shape index (κ2) is 15.1. The third kappa shape index (κ3) is 17.5. The van der Waals surface area contributed by atoms with Gasteiger partial charge in [0.2, 0.25) is 0 Å². The molecule has 0 aromatic carbocycles. The Morgan fingerprint density at radius 3 is 1.06 bits per heavy atom. The van der Waals surface area contributed by atoms with Gasteiger partial charge in [-0.05, 0) is 0 Å². The van der Waals surface area contributed by atoms with Crippen LogP contribution in [0.5, 0.6) is 0 Å². The molecule has 0 atom stereocenters. The summed E-state index contributed by atoms with van der Waals surface area (Å²) in [6.07, 6.45) is 19.3. The molecule has 2 rings (SSSR count). The van der Waals surface area contributed by atoms with Gasteiger partial charge in [0.05, 0.1) is 0 Å². The summed E-state index contributed by atoms with van der Waals surface area (Å²) in [6, 6.07) is 0. The molecule has 6 nitrogen and oxygen atoms in total. The summed E-state index contributed by atoms with van der Waals surface area (Å²) in [5, 5.41) is 0. The Labute approximate surface area is 196 Å². The van der Waals surface area contributed by atoms with E-state index in [-0.39, 0.29) is 26.2 Å². The van der Waals surface area contributed by atoms with E-state index >= 15 is 0 Å². The molecule has 0 N–H and O–H groups in total. The van der Waals surface area contributed by atoms with Crippen LogP contribution in [-0.2, 0) is 46.4 Å². The van der Waals surface area contributed by atoms with Gasteiger partial charge in [0.1, 0.15) is 0 Å². The summed E-state index contributed by atoms with van der Waals surface area (Å²) in [5.41, 5.74) is -8.57. The van der Waals surface area contributed by atoms with E-state index in [1.54, 1.807) is 0 Å². The van der Waals surface area contributed by atoms with Gasteiger partial charge in [-0.3, -0.25) is 12.2 Å². The zero-order valence-corrected chi connectivity index (χ0v) is 20.3. The maximum atomic E-state index is 10.7. The number of hydrogen-bond acceptors (Lipinski definition) is 6. The minimum atomic E-state index is -6.09. The molecule has 2 aliphatic rings. The van der Waals surface area contributed by atoms with Crippen LogP contribution in [0, 0.1) is 12.2 Å². The average molecular weight is 576 g/mol. The first-order valence-corrected chi connectivity index (χ1v) is 10.7. The molecule has 0 heterocycles. The Morgan fingerprint density at radius 1 is 0.774 bits per heavy atom. The normalized spacial score (nSPS) is 15.2. The van der Waals surface area contributed by atoms with Gasteiger partial charge < -0.3 is 9.11 Å².